The number of aliphatic hydroxyl groups is 1. The minimum absolute atomic E-state index is 0.0734. The van der Waals surface area contributed by atoms with Crippen LogP contribution in [-0.2, 0) is 14.4 Å². The molecule has 0 radical (unpaired) electrons. The van der Waals surface area contributed by atoms with Crippen LogP contribution in [0.3, 0.4) is 0 Å². The van der Waals surface area contributed by atoms with Gasteiger partial charge in [0.25, 0.3) is 0 Å². The van der Waals surface area contributed by atoms with Crippen molar-refractivity contribution in [1.29, 1.82) is 0 Å². The summed E-state index contributed by atoms with van der Waals surface area (Å²) in [5.74, 6) is -0.799. The van der Waals surface area contributed by atoms with Crippen molar-refractivity contribution in [3.05, 3.63) is 12.2 Å². The van der Waals surface area contributed by atoms with Crippen LogP contribution in [0.5, 0.6) is 0 Å². The van der Waals surface area contributed by atoms with Gasteiger partial charge in [0, 0.05) is 18.6 Å². The first kappa shape index (κ1) is 12.4. The van der Waals surface area contributed by atoms with Crippen molar-refractivity contribution in [2.75, 3.05) is 13.2 Å². The Balaban J connectivity index is 3.73. The van der Waals surface area contributed by atoms with Gasteiger partial charge in [0.05, 0.1) is 6.61 Å². The molecule has 0 aliphatic carbocycles. The van der Waals surface area contributed by atoms with Crippen LogP contribution in [0.15, 0.2) is 12.2 Å². The number of aliphatic hydroxyl groups excluding tert-OH is 1. The average molecular weight is 203 g/mol. The molecule has 0 saturated heterocycles. The third kappa shape index (κ3) is 5.15. The van der Waals surface area contributed by atoms with Crippen LogP contribution in [0.1, 0.15) is 13.3 Å². The predicted octanol–water partition coefficient (Wildman–Crippen LogP) is 0.129. The summed E-state index contributed by atoms with van der Waals surface area (Å²) in [6.45, 7) is 4.94. The monoisotopic (exact) mass is 203 g/mol. The third-order valence-electron chi connectivity index (χ3n) is 1.20. The van der Waals surface area contributed by atoms with Gasteiger partial charge in [-0.05, 0) is 6.92 Å². The molecule has 14 heavy (non-hydrogen) atoms. The topological polar surface area (TPSA) is 84.9 Å². The van der Waals surface area contributed by atoms with E-state index >= 15 is 0 Å². The van der Waals surface area contributed by atoms with Crippen LogP contribution in [0, 0.1) is 0 Å². The number of rotatable bonds is 4. The minimum atomic E-state index is -0.849. The molecule has 6 nitrogen and oxygen atoms in total. The number of hydroxylamine groups is 1. The van der Waals surface area contributed by atoms with Crippen molar-refractivity contribution < 1.29 is 24.3 Å². The Kier molecular flexibility index (Phi) is 6.13. The lowest BCUT2D eigenvalue weighted by molar-refractivity contribution is -0.145. The fourth-order valence-electron chi connectivity index (χ4n) is 0.558. The maximum atomic E-state index is 10.9. The molecule has 0 fully saturated rings. The molecule has 0 spiro atoms. The summed E-state index contributed by atoms with van der Waals surface area (Å²) >= 11 is 0. The molecule has 0 atom stereocenters. The number of carbonyl (C=O) groups is 2. The lowest BCUT2D eigenvalue weighted by atomic mass is 10.2. The van der Waals surface area contributed by atoms with Crippen molar-refractivity contribution >= 4 is 12.1 Å². The predicted molar refractivity (Wildman–Crippen MR) is 47.1 cm³/mol. The molecule has 0 rings (SSSR count). The van der Waals surface area contributed by atoms with Crippen LogP contribution >= 0.6 is 0 Å². The first-order valence-electron chi connectivity index (χ1n) is 4.04. The zero-order valence-corrected chi connectivity index (χ0v) is 7.91. The first-order valence-corrected chi connectivity index (χ1v) is 4.04. The number of hydrogen-bond donors (Lipinski definition) is 2. The highest BCUT2D eigenvalue weighted by Crippen LogP contribution is 1.98. The smallest absolute Gasteiger partial charge is 0.440 e. The Labute approximate surface area is 81.5 Å². The summed E-state index contributed by atoms with van der Waals surface area (Å²) in [6, 6.07) is 0. The minimum Gasteiger partial charge on any atom is -0.448 e. The van der Waals surface area contributed by atoms with E-state index < -0.39 is 12.1 Å². The van der Waals surface area contributed by atoms with Crippen LogP contribution < -0.4 is 5.48 Å². The van der Waals surface area contributed by atoms with E-state index in [1.165, 1.54) is 0 Å². The van der Waals surface area contributed by atoms with Crippen LogP contribution in [0.4, 0.5) is 4.79 Å². The van der Waals surface area contributed by atoms with Gasteiger partial charge in [-0.25, -0.2) is 9.59 Å². The van der Waals surface area contributed by atoms with E-state index in [-0.39, 0.29) is 25.2 Å². The number of amides is 1. The lowest BCUT2D eigenvalue weighted by Gasteiger charge is -2.05. The Morgan fingerprint density at radius 3 is 2.64 bits per heavy atom. The molecule has 0 aromatic heterocycles. The Hall–Kier alpha value is -1.56. The maximum Gasteiger partial charge on any atom is 0.440 e. The summed E-state index contributed by atoms with van der Waals surface area (Å²) in [5, 5.41) is 8.47. The lowest BCUT2D eigenvalue weighted by Crippen LogP contribution is -2.28. The van der Waals surface area contributed by atoms with Gasteiger partial charge in [-0.1, -0.05) is 6.58 Å². The number of ether oxygens (including phenoxy) is 1. The summed E-state index contributed by atoms with van der Waals surface area (Å²) in [6.07, 6.45) is -0.749. The molecule has 0 heterocycles. The molecular formula is C8H13NO5. The average Bonchev–Trinajstić information content (AvgIpc) is 2.15. The van der Waals surface area contributed by atoms with Gasteiger partial charge in [0.2, 0.25) is 0 Å². The van der Waals surface area contributed by atoms with Crippen molar-refractivity contribution in [2.24, 2.45) is 0 Å². The van der Waals surface area contributed by atoms with Crippen molar-refractivity contribution in [2.45, 2.75) is 13.3 Å². The molecule has 6 heteroatoms. The molecule has 2 N–H and O–H groups in total. The van der Waals surface area contributed by atoms with Gasteiger partial charge in [0.1, 0.15) is 0 Å². The zero-order valence-electron chi connectivity index (χ0n) is 7.91. The Morgan fingerprint density at radius 2 is 2.14 bits per heavy atom. The molecule has 0 aliphatic rings. The fourth-order valence-corrected chi connectivity index (χ4v) is 0.558. The molecular weight excluding hydrogens is 190 g/mol. The van der Waals surface area contributed by atoms with E-state index in [1.807, 2.05) is 0 Å². The van der Waals surface area contributed by atoms with Gasteiger partial charge < -0.3 is 14.7 Å². The van der Waals surface area contributed by atoms with Gasteiger partial charge in [0.15, 0.2) is 0 Å². The number of nitrogens with one attached hydrogen (secondary N) is 1. The van der Waals surface area contributed by atoms with Crippen molar-refractivity contribution in [1.82, 2.24) is 5.48 Å². The van der Waals surface area contributed by atoms with Crippen molar-refractivity contribution in [3.8, 4) is 0 Å². The quantitative estimate of drug-likeness (QED) is 0.501. The second-order valence-electron chi connectivity index (χ2n) is 2.29. The Morgan fingerprint density at radius 1 is 1.50 bits per heavy atom. The molecule has 80 valence electrons. The van der Waals surface area contributed by atoms with E-state index in [2.05, 4.69) is 16.2 Å². The van der Waals surface area contributed by atoms with Crippen molar-refractivity contribution in [3.63, 3.8) is 0 Å². The van der Waals surface area contributed by atoms with Crippen LogP contribution in [0.2, 0.25) is 0 Å². The molecule has 0 aromatic carbocycles. The third-order valence-corrected chi connectivity index (χ3v) is 1.20. The molecule has 0 aliphatic heterocycles. The van der Waals surface area contributed by atoms with E-state index in [9.17, 15) is 9.59 Å². The van der Waals surface area contributed by atoms with Gasteiger partial charge in [-0.15, -0.1) is 5.48 Å². The number of hydrogen-bond acceptors (Lipinski definition) is 5. The highest BCUT2D eigenvalue weighted by Gasteiger charge is 2.10. The highest BCUT2D eigenvalue weighted by atomic mass is 16.7. The molecule has 0 unspecified atom stereocenters. The highest BCUT2D eigenvalue weighted by molar-refractivity contribution is 5.88. The standard InChI is InChI=1S/C8H13NO5/c1-3-13-8(12)9-14-7(11)6(2)4-5-10/h10H,2-5H2,1H3,(H,9,12). The second kappa shape index (κ2) is 6.90. The van der Waals surface area contributed by atoms with E-state index in [4.69, 9.17) is 5.11 Å². The van der Waals surface area contributed by atoms with Crippen LogP contribution in [0.25, 0.3) is 0 Å². The molecule has 0 saturated carbocycles. The first-order chi connectivity index (χ1) is 6.61. The Bertz CT molecular complexity index is 226. The van der Waals surface area contributed by atoms with Gasteiger partial charge >= 0.3 is 12.1 Å². The molecule has 1 amide bonds. The summed E-state index contributed by atoms with van der Waals surface area (Å²) < 4.78 is 4.43. The van der Waals surface area contributed by atoms with Crippen LogP contribution in [-0.4, -0.2) is 30.4 Å². The summed E-state index contributed by atoms with van der Waals surface area (Å²) in [7, 11) is 0. The maximum absolute atomic E-state index is 10.9. The SMILES string of the molecule is C=C(CCO)C(=O)ONC(=O)OCC. The molecule has 0 aromatic rings. The number of carbonyl (C=O) groups excluding carboxylic acids is 2. The second-order valence-corrected chi connectivity index (χ2v) is 2.29. The molecule has 0 bridgehead atoms. The largest absolute Gasteiger partial charge is 0.448 e. The normalized spacial score (nSPS) is 9.00. The fraction of sp³-hybridized carbons (Fsp3) is 0.500. The summed E-state index contributed by atoms with van der Waals surface area (Å²) in [5.41, 5.74) is 1.84. The van der Waals surface area contributed by atoms with E-state index in [0.29, 0.717) is 0 Å². The van der Waals surface area contributed by atoms with Gasteiger partial charge in [-0.3, -0.25) is 0 Å². The summed E-state index contributed by atoms with van der Waals surface area (Å²) in [4.78, 5) is 25.9. The van der Waals surface area contributed by atoms with Gasteiger partial charge in [-0.2, -0.15) is 0 Å². The zero-order chi connectivity index (χ0) is 11.0. The van der Waals surface area contributed by atoms with E-state index in [0.717, 1.165) is 0 Å². The van der Waals surface area contributed by atoms with E-state index in [1.54, 1.807) is 12.4 Å².